The Morgan fingerprint density at radius 1 is 1.31 bits per heavy atom. The van der Waals surface area contributed by atoms with E-state index >= 15 is 0 Å². The maximum atomic E-state index is 12.7. The lowest BCUT2D eigenvalue weighted by molar-refractivity contribution is -0.132. The molecule has 3 aliphatic rings. The van der Waals surface area contributed by atoms with Crippen molar-refractivity contribution in [1.29, 1.82) is 0 Å². The monoisotopic (exact) mass is 394 g/mol. The van der Waals surface area contributed by atoms with Crippen LogP contribution in [0.4, 0.5) is 5.95 Å². The second-order valence-electron chi connectivity index (χ2n) is 8.33. The standard InChI is InChI=1S/C22H26N4O3/c27-19(13-29-18-4-2-1-3-5-18)26-9-8-22(14-26)15-28-12-17-11-24-21(25-20(17)22)23-10-16-6-7-16/h1-5,11,16H,6-10,12-15H2,(H,23,24,25). The molecule has 1 unspecified atom stereocenters. The number of anilines is 1. The van der Waals surface area contributed by atoms with Gasteiger partial charge in [0.25, 0.3) is 5.91 Å². The highest BCUT2D eigenvalue weighted by Gasteiger charge is 2.46. The van der Waals surface area contributed by atoms with Gasteiger partial charge >= 0.3 is 0 Å². The number of amides is 1. The third kappa shape index (κ3) is 3.92. The van der Waals surface area contributed by atoms with Crippen molar-refractivity contribution in [3.8, 4) is 5.75 Å². The molecular formula is C22H26N4O3. The summed E-state index contributed by atoms with van der Waals surface area (Å²) in [5.74, 6) is 2.16. The predicted molar refractivity (Wildman–Crippen MR) is 108 cm³/mol. The molecule has 2 fully saturated rings. The summed E-state index contributed by atoms with van der Waals surface area (Å²) in [6.45, 7) is 3.40. The van der Waals surface area contributed by atoms with Gasteiger partial charge in [0.1, 0.15) is 5.75 Å². The maximum absolute atomic E-state index is 12.7. The molecule has 1 amide bonds. The number of rotatable bonds is 6. The van der Waals surface area contributed by atoms with Crippen LogP contribution < -0.4 is 10.1 Å². The van der Waals surface area contributed by atoms with E-state index in [0.717, 1.165) is 30.1 Å². The highest BCUT2D eigenvalue weighted by Crippen LogP contribution is 2.39. The molecule has 2 aromatic rings. The van der Waals surface area contributed by atoms with E-state index in [4.69, 9.17) is 14.5 Å². The number of benzene rings is 1. The van der Waals surface area contributed by atoms with Crippen LogP contribution in [0.25, 0.3) is 0 Å². The van der Waals surface area contributed by atoms with Crippen LogP contribution in [0.5, 0.6) is 5.75 Å². The molecule has 1 saturated heterocycles. The molecule has 1 aromatic heterocycles. The average Bonchev–Trinajstić information content (AvgIpc) is 3.50. The van der Waals surface area contributed by atoms with E-state index in [2.05, 4.69) is 10.3 Å². The smallest absolute Gasteiger partial charge is 0.260 e. The summed E-state index contributed by atoms with van der Waals surface area (Å²) in [5, 5.41) is 3.37. The van der Waals surface area contributed by atoms with E-state index in [0.29, 0.717) is 38.0 Å². The quantitative estimate of drug-likeness (QED) is 0.811. The van der Waals surface area contributed by atoms with Crippen LogP contribution in [0.15, 0.2) is 36.5 Å². The van der Waals surface area contributed by atoms with E-state index in [1.165, 1.54) is 12.8 Å². The van der Waals surface area contributed by atoms with Crippen molar-refractivity contribution in [3.63, 3.8) is 0 Å². The predicted octanol–water partition coefficient (Wildman–Crippen LogP) is 2.38. The zero-order valence-electron chi connectivity index (χ0n) is 16.5. The second kappa shape index (κ2) is 7.63. The molecule has 29 heavy (non-hydrogen) atoms. The van der Waals surface area contributed by atoms with Crippen LogP contribution in [0.3, 0.4) is 0 Å². The van der Waals surface area contributed by atoms with Gasteiger partial charge in [-0.15, -0.1) is 0 Å². The van der Waals surface area contributed by atoms with Crippen molar-refractivity contribution >= 4 is 11.9 Å². The third-order valence-corrected chi connectivity index (χ3v) is 6.06. The van der Waals surface area contributed by atoms with Crippen LogP contribution >= 0.6 is 0 Å². The fraction of sp³-hybridized carbons (Fsp3) is 0.500. The molecule has 5 rings (SSSR count). The maximum Gasteiger partial charge on any atom is 0.260 e. The fourth-order valence-electron chi connectivity index (χ4n) is 4.19. The van der Waals surface area contributed by atoms with E-state index < -0.39 is 0 Å². The molecule has 1 saturated carbocycles. The molecule has 3 heterocycles. The van der Waals surface area contributed by atoms with Crippen LogP contribution in [0.1, 0.15) is 30.5 Å². The number of nitrogens with one attached hydrogen (secondary N) is 1. The minimum absolute atomic E-state index is 0.000936. The molecule has 152 valence electrons. The number of fused-ring (bicyclic) bond motifs is 2. The van der Waals surface area contributed by atoms with Crippen LogP contribution in [-0.2, 0) is 21.6 Å². The van der Waals surface area contributed by atoms with Crippen LogP contribution in [0, 0.1) is 5.92 Å². The van der Waals surface area contributed by atoms with Crippen molar-refractivity contribution in [1.82, 2.24) is 14.9 Å². The molecule has 7 heteroatoms. The number of para-hydroxylation sites is 1. The van der Waals surface area contributed by atoms with Crippen molar-refractivity contribution in [2.45, 2.75) is 31.3 Å². The van der Waals surface area contributed by atoms with Gasteiger partial charge in [-0.1, -0.05) is 18.2 Å². The zero-order chi connectivity index (χ0) is 19.7. The first-order chi connectivity index (χ1) is 14.2. The topological polar surface area (TPSA) is 76.6 Å². The summed E-state index contributed by atoms with van der Waals surface area (Å²) < 4.78 is 11.5. The lowest BCUT2D eigenvalue weighted by atomic mass is 9.80. The Hall–Kier alpha value is -2.67. The van der Waals surface area contributed by atoms with Gasteiger partial charge in [-0.3, -0.25) is 4.79 Å². The van der Waals surface area contributed by atoms with Crippen molar-refractivity contribution < 1.29 is 14.3 Å². The number of carbonyl (C=O) groups is 1. The SMILES string of the molecule is O=C(COc1ccccc1)N1CCC2(COCc3cnc(NCC4CC4)nc32)C1. The lowest BCUT2D eigenvalue weighted by Crippen LogP contribution is -2.42. The molecule has 0 bridgehead atoms. The van der Waals surface area contributed by atoms with Gasteiger partial charge in [-0.05, 0) is 37.3 Å². The number of hydrogen-bond acceptors (Lipinski definition) is 6. The number of nitrogens with zero attached hydrogens (tertiary/aromatic N) is 3. The summed E-state index contributed by atoms with van der Waals surface area (Å²) in [6, 6.07) is 9.44. The largest absolute Gasteiger partial charge is 0.484 e. The molecule has 1 atom stereocenters. The second-order valence-corrected chi connectivity index (χ2v) is 8.33. The van der Waals surface area contributed by atoms with Gasteiger partial charge in [-0.2, -0.15) is 0 Å². The summed E-state index contributed by atoms with van der Waals surface area (Å²) in [7, 11) is 0. The molecule has 1 aromatic carbocycles. The molecule has 0 radical (unpaired) electrons. The number of likely N-dealkylation sites (tertiary alicyclic amines) is 1. The Labute approximate surface area is 170 Å². The molecule has 1 spiro atoms. The summed E-state index contributed by atoms with van der Waals surface area (Å²) in [5.41, 5.74) is 1.81. The molecule has 1 N–H and O–H groups in total. The van der Waals surface area contributed by atoms with Gasteiger partial charge < -0.3 is 19.7 Å². The van der Waals surface area contributed by atoms with Crippen molar-refractivity contribution in [3.05, 3.63) is 47.8 Å². The van der Waals surface area contributed by atoms with Gasteiger partial charge in [-0.25, -0.2) is 9.97 Å². The zero-order valence-corrected chi connectivity index (χ0v) is 16.5. The molecular weight excluding hydrogens is 368 g/mol. The summed E-state index contributed by atoms with van der Waals surface area (Å²) in [6.07, 6.45) is 5.30. The number of aromatic nitrogens is 2. The molecule has 1 aliphatic carbocycles. The minimum Gasteiger partial charge on any atom is -0.484 e. The van der Waals surface area contributed by atoms with Gasteiger partial charge in [0.15, 0.2) is 6.61 Å². The first-order valence-corrected chi connectivity index (χ1v) is 10.4. The van der Waals surface area contributed by atoms with E-state index in [9.17, 15) is 4.79 Å². The normalized spacial score (nSPS) is 23.1. The van der Waals surface area contributed by atoms with Gasteiger partial charge in [0, 0.05) is 31.4 Å². The first kappa shape index (κ1) is 18.4. The van der Waals surface area contributed by atoms with Crippen molar-refractivity contribution in [2.24, 2.45) is 5.92 Å². The number of hydrogen-bond donors (Lipinski definition) is 1. The Kier molecular flexibility index (Phi) is 4.83. The summed E-state index contributed by atoms with van der Waals surface area (Å²) >= 11 is 0. The molecule has 7 nitrogen and oxygen atoms in total. The van der Waals surface area contributed by atoms with Gasteiger partial charge in [0.2, 0.25) is 5.95 Å². The van der Waals surface area contributed by atoms with Crippen molar-refractivity contribution in [2.75, 3.05) is 38.2 Å². The van der Waals surface area contributed by atoms with E-state index in [1.54, 1.807) is 0 Å². The highest BCUT2D eigenvalue weighted by molar-refractivity contribution is 5.78. The Morgan fingerprint density at radius 3 is 3.00 bits per heavy atom. The van der Waals surface area contributed by atoms with E-state index in [-0.39, 0.29) is 17.9 Å². The summed E-state index contributed by atoms with van der Waals surface area (Å²) in [4.78, 5) is 23.9. The van der Waals surface area contributed by atoms with E-state index in [1.807, 2.05) is 41.4 Å². The average molecular weight is 394 g/mol. The lowest BCUT2D eigenvalue weighted by Gasteiger charge is -2.34. The first-order valence-electron chi connectivity index (χ1n) is 10.4. The van der Waals surface area contributed by atoms with Crippen LogP contribution in [0.2, 0.25) is 0 Å². The van der Waals surface area contributed by atoms with Gasteiger partial charge in [0.05, 0.1) is 24.3 Å². The highest BCUT2D eigenvalue weighted by atomic mass is 16.5. The fourth-order valence-corrected chi connectivity index (χ4v) is 4.19. The molecule has 2 aliphatic heterocycles. The Balaban J connectivity index is 1.28. The minimum atomic E-state index is -0.255. The Morgan fingerprint density at radius 2 is 2.17 bits per heavy atom. The Bertz CT molecular complexity index is 887. The number of ether oxygens (including phenoxy) is 2. The number of carbonyl (C=O) groups excluding carboxylic acids is 1. The van der Waals surface area contributed by atoms with Crippen LogP contribution in [-0.4, -0.2) is 53.6 Å². The third-order valence-electron chi connectivity index (χ3n) is 6.06.